The minimum Gasteiger partial charge on any atom is -0.276 e. The maximum absolute atomic E-state index is 5.27. The molecule has 72 valence electrons. The van der Waals surface area contributed by atoms with Crippen LogP contribution in [0.3, 0.4) is 0 Å². The predicted octanol–water partition coefficient (Wildman–Crippen LogP) is 3.22. The minimum absolute atomic E-state index is 0.780. The molecule has 0 amide bonds. The Morgan fingerprint density at radius 1 is 1.15 bits per heavy atom. The van der Waals surface area contributed by atoms with Crippen LogP contribution in [0.25, 0.3) is 0 Å². The Hall–Kier alpha value is -1.02. The molecule has 0 spiro atoms. The molecular formula is C11H17NO. The van der Waals surface area contributed by atoms with Gasteiger partial charge in [-0.15, -0.1) is 0 Å². The first kappa shape index (κ1) is 10.1. The summed E-state index contributed by atoms with van der Waals surface area (Å²) in [5, 5.41) is 0. The third kappa shape index (κ3) is 4.53. The van der Waals surface area contributed by atoms with Gasteiger partial charge >= 0.3 is 0 Å². The van der Waals surface area contributed by atoms with E-state index in [2.05, 4.69) is 12.4 Å². The number of hydrogen-bond donors (Lipinski definition) is 1. The van der Waals surface area contributed by atoms with Crippen molar-refractivity contribution < 1.29 is 4.84 Å². The molecule has 0 aliphatic heterocycles. The van der Waals surface area contributed by atoms with Crippen molar-refractivity contribution in [1.82, 2.24) is 0 Å². The number of nitrogens with one attached hydrogen (secondary N) is 1. The first-order valence-corrected chi connectivity index (χ1v) is 4.86. The van der Waals surface area contributed by atoms with Crippen LogP contribution in [0.2, 0.25) is 0 Å². The molecule has 0 fully saturated rings. The molecule has 1 aromatic carbocycles. The molecule has 0 aromatic heterocycles. The van der Waals surface area contributed by atoms with E-state index in [0.29, 0.717) is 0 Å². The Morgan fingerprint density at radius 3 is 2.62 bits per heavy atom. The van der Waals surface area contributed by atoms with Crippen LogP contribution in [-0.2, 0) is 4.84 Å². The van der Waals surface area contributed by atoms with E-state index in [1.165, 1.54) is 12.8 Å². The van der Waals surface area contributed by atoms with Crippen LogP contribution < -0.4 is 5.48 Å². The topological polar surface area (TPSA) is 21.3 Å². The van der Waals surface area contributed by atoms with Crippen LogP contribution in [0.15, 0.2) is 30.3 Å². The number of rotatable bonds is 6. The monoisotopic (exact) mass is 179 g/mol. The molecule has 0 atom stereocenters. The van der Waals surface area contributed by atoms with Gasteiger partial charge in [0.15, 0.2) is 0 Å². The third-order valence-electron chi connectivity index (χ3n) is 1.81. The Kier molecular flexibility index (Phi) is 5.02. The van der Waals surface area contributed by atoms with E-state index < -0.39 is 0 Å². The molecule has 0 aliphatic carbocycles. The summed E-state index contributed by atoms with van der Waals surface area (Å²) in [5.41, 5.74) is 3.92. The molecule has 2 nitrogen and oxygen atoms in total. The van der Waals surface area contributed by atoms with Crippen LogP contribution in [0, 0.1) is 0 Å². The molecular weight excluding hydrogens is 162 g/mol. The highest BCUT2D eigenvalue weighted by molar-refractivity contribution is 5.39. The SMILES string of the molecule is CCCCCONc1ccccc1. The molecule has 1 N–H and O–H groups in total. The molecule has 0 unspecified atom stereocenters. The summed E-state index contributed by atoms with van der Waals surface area (Å²) in [6.45, 7) is 2.97. The summed E-state index contributed by atoms with van der Waals surface area (Å²) < 4.78 is 0. The van der Waals surface area contributed by atoms with E-state index in [1.807, 2.05) is 30.3 Å². The van der Waals surface area contributed by atoms with Crippen molar-refractivity contribution in [3.63, 3.8) is 0 Å². The highest BCUT2D eigenvalue weighted by Gasteiger charge is 1.89. The molecule has 0 aliphatic rings. The summed E-state index contributed by atoms with van der Waals surface area (Å²) in [6.07, 6.45) is 3.58. The molecule has 0 saturated heterocycles. The molecule has 0 bridgehead atoms. The fraction of sp³-hybridized carbons (Fsp3) is 0.455. The van der Waals surface area contributed by atoms with Gasteiger partial charge in [-0.2, -0.15) is 0 Å². The third-order valence-corrected chi connectivity index (χ3v) is 1.81. The number of unbranched alkanes of at least 4 members (excludes halogenated alkanes) is 2. The fourth-order valence-corrected chi connectivity index (χ4v) is 1.06. The van der Waals surface area contributed by atoms with Gasteiger partial charge in [-0.3, -0.25) is 10.3 Å². The van der Waals surface area contributed by atoms with E-state index in [9.17, 15) is 0 Å². The Bertz CT molecular complexity index is 211. The summed E-state index contributed by atoms with van der Waals surface area (Å²) >= 11 is 0. The standard InChI is InChI=1S/C11H17NO/c1-2-3-7-10-13-12-11-8-5-4-6-9-11/h4-6,8-9,12H,2-3,7,10H2,1H3. The van der Waals surface area contributed by atoms with Crippen molar-refractivity contribution in [3.8, 4) is 0 Å². The first-order chi connectivity index (χ1) is 6.43. The van der Waals surface area contributed by atoms with Crippen LogP contribution in [0.4, 0.5) is 5.69 Å². The molecule has 13 heavy (non-hydrogen) atoms. The lowest BCUT2D eigenvalue weighted by atomic mass is 10.3. The number of benzene rings is 1. The highest BCUT2D eigenvalue weighted by atomic mass is 16.6. The molecule has 0 radical (unpaired) electrons. The van der Waals surface area contributed by atoms with Crippen molar-refractivity contribution in [2.45, 2.75) is 26.2 Å². The highest BCUT2D eigenvalue weighted by Crippen LogP contribution is 2.04. The Morgan fingerprint density at radius 2 is 1.92 bits per heavy atom. The first-order valence-electron chi connectivity index (χ1n) is 4.86. The van der Waals surface area contributed by atoms with Crippen molar-refractivity contribution in [1.29, 1.82) is 0 Å². The van der Waals surface area contributed by atoms with Crippen LogP contribution in [-0.4, -0.2) is 6.61 Å². The van der Waals surface area contributed by atoms with Crippen LogP contribution >= 0.6 is 0 Å². The lowest BCUT2D eigenvalue weighted by molar-refractivity contribution is 0.188. The summed E-state index contributed by atoms with van der Waals surface area (Å²) in [7, 11) is 0. The van der Waals surface area contributed by atoms with Crippen molar-refractivity contribution in [2.24, 2.45) is 0 Å². The molecule has 1 rings (SSSR count). The second kappa shape index (κ2) is 6.49. The number of anilines is 1. The summed E-state index contributed by atoms with van der Waals surface area (Å²) in [6, 6.07) is 9.93. The van der Waals surface area contributed by atoms with Gasteiger partial charge in [-0.1, -0.05) is 38.0 Å². The van der Waals surface area contributed by atoms with E-state index in [4.69, 9.17) is 4.84 Å². The summed E-state index contributed by atoms with van der Waals surface area (Å²) in [5.74, 6) is 0. The largest absolute Gasteiger partial charge is 0.276 e. The van der Waals surface area contributed by atoms with E-state index >= 15 is 0 Å². The Balaban J connectivity index is 2.07. The smallest absolute Gasteiger partial charge is 0.0746 e. The van der Waals surface area contributed by atoms with Gasteiger partial charge in [0.2, 0.25) is 0 Å². The quantitative estimate of drug-likeness (QED) is 0.534. The second-order valence-electron chi connectivity index (χ2n) is 3.02. The van der Waals surface area contributed by atoms with Gasteiger partial charge < -0.3 is 0 Å². The van der Waals surface area contributed by atoms with E-state index in [0.717, 1.165) is 18.7 Å². The molecule has 1 aromatic rings. The minimum atomic E-state index is 0.780. The second-order valence-corrected chi connectivity index (χ2v) is 3.02. The normalized spacial score (nSPS) is 9.92. The zero-order valence-electron chi connectivity index (χ0n) is 8.12. The average Bonchev–Trinajstić information content (AvgIpc) is 2.19. The van der Waals surface area contributed by atoms with Crippen LogP contribution in [0.1, 0.15) is 26.2 Å². The number of para-hydroxylation sites is 1. The maximum atomic E-state index is 5.27. The van der Waals surface area contributed by atoms with Gasteiger partial charge in [0.05, 0.1) is 12.3 Å². The molecule has 0 heterocycles. The lowest BCUT2D eigenvalue weighted by Gasteiger charge is -2.05. The Labute approximate surface area is 79.9 Å². The van der Waals surface area contributed by atoms with Gasteiger partial charge in [-0.25, -0.2) is 0 Å². The lowest BCUT2D eigenvalue weighted by Crippen LogP contribution is -2.02. The maximum Gasteiger partial charge on any atom is 0.0746 e. The van der Waals surface area contributed by atoms with Gasteiger partial charge in [0.1, 0.15) is 0 Å². The van der Waals surface area contributed by atoms with Crippen molar-refractivity contribution in [3.05, 3.63) is 30.3 Å². The van der Waals surface area contributed by atoms with Crippen molar-refractivity contribution >= 4 is 5.69 Å². The predicted molar refractivity (Wildman–Crippen MR) is 55.5 cm³/mol. The number of hydrogen-bond acceptors (Lipinski definition) is 2. The zero-order valence-corrected chi connectivity index (χ0v) is 8.12. The van der Waals surface area contributed by atoms with Crippen molar-refractivity contribution in [2.75, 3.05) is 12.1 Å². The van der Waals surface area contributed by atoms with Gasteiger partial charge in [0.25, 0.3) is 0 Å². The fourth-order valence-electron chi connectivity index (χ4n) is 1.06. The van der Waals surface area contributed by atoms with Gasteiger partial charge in [0, 0.05) is 0 Å². The van der Waals surface area contributed by atoms with Crippen LogP contribution in [0.5, 0.6) is 0 Å². The van der Waals surface area contributed by atoms with E-state index in [-0.39, 0.29) is 0 Å². The average molecular weight is 179 g/mol. The summed E-state index contributed by atoms with van der Waals surface area (Å²) in [4.78, 5) is 5.27. The van der Waals surface area contributed by atoms with Gasteiger partial charge in [-0.05, 0) is 18.6 Å². The molecule has 0 saturated carbocycles. The zero-order chi connectivity index (χ0) is 9.36. The van der Waals surface area contributed by atoms with E-state index in [1.54, 1.807) is 0 Å². The molecule has 2 heteroatoms.